The van der Waals surface area contributed by atoms with E-state index in [1.165, 1.54) is 6.92 Å². The first-order valence-electron chi connectivity index (χ1n) is 4.69. The van der Waals surface area contributed by atoms with Gasteiger partial charge in [-0.3, -0.25) is 4.79 Å². The minimum atomic E-state index is -0.500. The van der Waals surface area contributed by atoms with E-state index in [1.807, 2.05) is 0 Å². The average Bonchev–Trinajstić information content (AvgIpc) is 1.77. The van der Waals surface area contributed by atoms with Gasteiger partial charge in [0.05, 0.1) is 0 Å². The second-order valence-corrected chi connectivity index (χ2v) is 4.45. The number of alkyl carbamates (subject to hydrolysis) is 1. The van der Waals surface area contributed by atoms with Crippen molar-refractivity contribution in [3.63, 3.8) is 0 Å². The maximum Gasteiger partial charge on any atom is 0.407 e. The summed E-state index contributed by atoms with van der Waals surface area (Å²) in [5.41, 5.74) is -0.500. The van der Waals surface area contributed by atoms with Crippen LogP contribution >= 0.6 is 0 Å². The topological polar surface area (TPSA) is 55.4 Å². The zero-order chi connectivity index (χ0) is 11.4. The van der Waals surface area contributed by atoms with Crippen molar-refractivity contribution in [2.75, 3.05) is 0 Å². The molecule has 1 atom stereocenters. The van der Waals surface area contributed by atoms with Gasteiger partial charge in [0.1, 0.15) is 11.4 Å². The van der Waals surface area contributed by atoms with Crippen LogP contribution in [0.25, 0.3) is 0 Å². The number of Topliss-reactive ketones (excluding diaryl/α,β-unsaturated/α-hetero) is 1. The van der Waals surface area contributed by atoms with E-state index in [9.17, 15) is 9.59 Å². The van der Waals surface area contributed by atoms with E-state index in [-0.39, 0.29) is 11.8 Å². The van der Waals surface area contributed by atoms with Crippen LogP contribution in [0.5, 0.6) is 0 Å². The molecule has 0 bridgehead atoms. The highest BCUT2D eigenvalue weighted by molar-refractivity contribution is 5.77. The number of amides is 1. The van der Waals surface area contributed by atoms with Gasteiger partial charge in [-0.15, -0.1) is 0 Å². The van der Waals surface area contributed by atoms with Crippen molar-refractivity contribution in [2.45, 2.75) is 52.7 Å². The van der Waals surface area contributed by atoms with E-state index in [0.29, 0.717) is 6.42 Å². The third-order valence-electron chi connectivity index (χ3n) is 1.36. The Hall–Kier alpha value is -1.06. The molecule has 0 aliphatic rings. The largest absolute Gasteiger partial charge is 0.444 e. The summed E-state index contributed by atoms with van der Waals surface area (Å²) < 4.78 is 5.03. The molecule has 0 saturated heterocycles. The Labute approximate surface area is 85.0 Å². The van der Waals surface area contributed by atoms with Gasteiger partial charge in [-0.1, -0.05) is 0 Å². The molecular formula is C10H19NO3. The Morgan fingerprint density at radius 2 is 1.86 bits per heavy atom. The first-order valence-corrected chi connectivity index (χ1v) is 4.69. The summed E-state index contributed by atoms with van der Waals surface area (Å²) in [6.45, 7) is 8.64. The van der Waals surface area contributed by atoms with Gasteiger partial charge >= 0.3 is 6.09 Å². The number of hydrogen-bond donors (Lipinski definition) is 1. The Morgan fingerprint density at radius 3 is 2.21 bits per heavy atom. The molecule has 82 valence electrons. The minimum Gasteiger partial charge on any atom is -0.444 e. The van der Waals surface area contributed by atoms with Crippen molar-refractivity contribution in [1.29, 1.82) is 0 Å². The predicted molar refractivity (Wildman–Crippen MR) is 54.1 cm³/mol. The molecule has 0 spiro atoms. The Bertz CT molecular complexity index is 218. The number of carbonyl (C=O) groups excluding carboxylic acids is 2. The standard InChI is InChI=1S/C10H19NO3/c1-7(6-8(2)12)11-9(13)14-10(3,4)5/h7H,6H2,1-5H3,(H,11,13). The smallest absolute Gasteiger partial charge is 0.407 e. The Balaban J connectivity index is 3.89. The molecule has 0 heterocycles. The van der Waals surface area contributed by atoms with E-state index in [4.69, 9.17) is 4.74 Å². The van der Waals surface area contributed by atoms with Crippen LogP contribution in [0.3, 0.4) is 0 Å². The number of hydrogen-bond acceptors (Lipinski definition) is 3. The molecule has 0 radical (unpaired) electrons. The fourth-order valence-corrected chi connectivity index (χ4v) is 0.991. The van der Waals surface area contributed by atoms with E-state index < -0.39 is 11.7 Å². The third-order valence-corrected chi connectivity index (χ3v) is 1.36. The third kappa shape index (κ3) is 7.58. The van der Waals surface area contributed by atoms with Crippen LogP contribution in [0, 0.1) is 0 Å². The molecular weight excluding hydrogens is 182 g/mol. The summed E-state index contributed by atoms with van der Waals surface area (Å²) in [5.74, 6) is 0.0496. The van der Waals surface area contributed by atoms with Crippen LogP contribution in [0.15, 0.2) is 0 Å². The molecule has 0 rings (SSSR count). The Morgan fingerprint density at radius 1 is 1.36 bits per heavy atom. The maximum absolute atomic E-state index is 11.2. The lowest BCUT2D eigenvalue weighted by atomic mass is 10.2. The van der Waals surface area contributed by atoms with Gasteiger partial charge in [-0.25, -0.2) is 4.79 Å². The molecule has 0 fully saturated rings. The number of carbonyl (C=O) groups is 2. The number of rotatable bonds is 3. The second kappa shape index (κ2) is 4.98. The van der Waals surface area contributed by atoms with Crippen molar-refractivity contribution in [1.82, 2.24) is 5.32 Å². The van der Waals surface area contributed by atoms with E-state index in [2.05, 4.69) is 5.32 Å². The SMILES string of the molecule is CC(=O)CC(C)NC(=O)OC(C)(C)C. The van der Waals surface area contributed by atoms with Gasteiger partial charge < -0.3 is 10.1 Å². The van der Waals surface area contributed by atoms with Crippen molar-refractivity contribution in [2.24, 2.45) is 0 Å². The number of ether oxygens (including phenoxy) is 1. The molecule has 0 saturated carbocycles. The predicted octanol–water partition coefficient (Wildman–Crippen LogP) is 1.88. The maximum atomic E-state index is 11.2. The summed E-state index contributed by atoms with van der Waals surface area (Å²) in [5, 5.41) is 2.59. The fourth-order valence-electron chi connectivity index (χ4n) is 0.991. The molecule has 4 nitrogen and oxygen atoms in total. The highest BCUT2D eigenvalue weighted by atomic mass is 16.6. The highest BCUT2D eigenvalue weighted by Crippen LogP contribution is 2.07. The van der Waals surface area contributed by atoms with E-state index in [1.54, 1.807) is 27.7 Å². The van der Waals surface area contributed by atoms with Gasteiger partial charge in [0.15, 0.2) is 0 Å². The van der Waals surface area contributed by atoms with Crippen molar-refractivity contribution < 1.29 is 14.3 Å². The number of nitrogens with one attached hydrogen (secondary N) is 1. The molecule has 0 aromatic heterocycles. The van der Waals surface area contributed by atoms with Gasteiger partial charge in [-0.2, -0.15) is 0 Å². The quantitative estimate of drug-likeness (QED) is 0.758. The molecule has 4 heteroatoms. The summed E-state index contributed by atoms with van der Waals surface area (Å²) in [6, 6.07) is -0.178. The molecule has 14 heavy (non-hydrogen) atoms. The summed E-state index contributed by atoms with van der Waals surface area (Å²) in [6.07, 6.45) is -0.148. The van der Waals surface area contributed by atoms with Gasteiger partial charge in [0, 0.05) is 12.5 Å². The summed E-state index contributed by atoms with van der Waals surface area (Å²) in [4.78, 5) is 21.9. The van der Waals surface area contributed by atoms with Crippen LogP contribution in [0.1, 0.15) is 41.0 Å². The number of ketones is 1. The minimum absolute atomic E-state index is 0.0496. The van der Waals surface area contributed by atoms with E-state index >= 15 is 0 Å². The second-order valence-electron chi connectivity index (χ2n) is 4.45. The van der Waals surface area contributed by atoms with Crippen LogP contribution in [-0.4, -0.2) is 23.5 Å². The Kier molecular flexibility index (Phi) is 4.60. The van der Waals surface area contributed by atoms with Crippen LogP contribution in [-0.2, 0) is 9.53 Å². The highest BCUT2D eigenvalue weighted by Gasteiger charge is 2.17. The first kappa shape index (κ1) is 12.9. The van der Waals surface area contributed by atoms with Crippen LogP contribution in [0.2, 0.25) is 0 Å². The van der Waals surface area contributed by atoms with Gasteiger partial charge in [0.25, 0.3) is 0 Å². The zero-order valence-corrected chi connectivity index (χ0v) is 9.51. The van der Waals surface area contributed by atoms with Crippen molar-refractivity contribution in [3.05, 3.63) is 0 Å². The lowest BCUT2D eigenvalue weighted by Gasteiger charge is -2.21. The lowest BCUT2D eigenvalue weighted by Crippen LogP contribution is -2.38. The molecule has 0 aromatic carbocycles. The van der Waals surface area contributed by atoms with E-state index in [0.717, 1.165) is 0 Å². The summed E-state index contributed by atoms with van der Waals surface area (Å²) in [7, 11) is 0. The zero-order valence-electron chi connectivity index (χ0n) is 9.51. The molecule has 1 N–H and O–H groups in total. The van der Waals surface area contributed by atoms with Crippen molar-refractivity contribution in [3.8, 4) is 0 Å². The van der Waals surface area contributed by atoms with Crippen LogP contribution in [0.4, 0.5) is 4.79 Å². The fraction of sp³-hybridized carbons (Fsp3) is 0.800. The normalized spacial score (nSPS) is 13.2. The first-order chi connectivity index (χ1) is 6.20. The van der Waals surface area contributed by atoms with Crippen molar-refractivity contribution >= 4 is 11.9 Å². The molecule has 1 unspecified atom stereocenters. The molecule has 0 aliphatic heterocycles. The average molecular weight is 201 g/mol. The van der Waals surface area contributed by atoms with Gasteiger partial charge in [-0.05, 0) is 34.6 Å². The summed E-state index contributed by atoms with van der Waals surface area (Å²) >= 11 is 0. The lowest BCUT2D eigenvalue weighted by molar-refractivity contribution is -0.117. The molecule has 0 aliphatic carbocycles. The van der Waals surface area contributed by atoms with Gasteiger partial charge in [0.2, 0.25) is 0 Å². The van der Waals surface area contributed by atoms with Crippen LogP contribution < -0.4 is 5.32 Å². The molecule has 0 aromatic rings. The molecule has 1 amide bonds. The monoisotopic (exact) mass is 201 g/mol.